The zero-order valence-corrected chi connectivity index (χ0v) is 16.0. The molecule has 1 aromatic heterocycles. The molecule has 0 saturated carbocycles. The van der Waals surface area contributed by atoms with Crippen molar-refractivity contribution in [3.63, 3.8) is 0 Å². The topological polar surface area (TPSA) is 61.8 Å². The number of nitrogens with one attached hydrogen (secondary N) is 2. The fourth-order valence-electron chi connectivity index (χ4n) is 3.11. The van der Waals surface area contributed by atoms with Crippen LogP contribution in [0.3, 0.4) is 0 Å². The first-order valence-corrected chi connectivity index (χ1v) is 9.37. The van der Waals surface area contributed by atoms with E-state index in [2.05, 4.69) is 35.8 Å². The minimum Gasteiger partial charge on any atom is -0.376 e. The lowest BCUT2D eigenvalue weighted by atomic mass is 10.1. The predicted molar refractivity (Wildman–Crippen MR) is 108 cm³/mol. The van der Waals surface area contributed by atoms with Crippen LogP contribution in [-0.4, -0.2) is 50.8 Å². The minimum absolute atomic E-state index is 0.293. The highest BCUT2D eigenvalue weighted by molar-refractivity contribution is 5.85. The lowest BCUT2D eigenvalue weighted by Gasteiger charge is -2.16. The number of fused-ring (bicyclic) bond motifs is 1. The number of anilines is 1. The van der Waals surface area contributed by atoms with Crippen molar-refractivity contribution < 1.29 is 4.74 Å². The second kappa shape index (κ2) is 8.85. The van der Waals surface area contributed by atoms with Crippen LogP contribution in [0.1, 0.15) is 25.3 Å². The number of aliphatic imine (C=N–C) groups is 1. The third-order valence-corrected chi connectivity index (χ3v) is 4.52. The van der Waals surface area contributed by atoms with E-state index in [1.165, 1.54) is 5.56 Å². The molecule has 0 radical (unpaired) electrons. The molecule has 2 aromatic rings. The zero-order chi connectivity index (χ0) is 18.4. The van der Waals surface area contributed by atoms with Crippen LogP contribution in [0.4, 0.5) is 5.82 Å². The summed E-state index contributed by atoms with van der Waals surface area (Å²) in [6, 6.07) is 10.4. The van der Waals surface area contributed by atoms with Crippen molar-refractivity contribution in [3.8, 4) is 0 Å². The number of guanidine groups is 1. The fraction of sp³-hybridized carbons (Fsp3) is 0.500. The first-order valence-electron chi connectivity index (χ1n) is 9.37. The van der Waals surface area contributed by atoms with Gasteiger partial charge in [0.25, 0.3) is 0 Å². The SMILES string of the molecule is CCNC(=NCc1cc(N(C)C)nc2ccccc12)NCC1CCCO1. The van der Waals surface area contributed by atoms with Crippen molar-refractivity contribution in [2.45, 2.75) is 32.4 Å². The number of hydrogen-bond donors (Lipinski definition) is 2. The van der Waals surface area contributed by atoms with Crippen molar-refractivity contribution in [1.82, 2.24) is 15.6 Å². The molecule has 1 atom stereocenters. The average molecular weight is 355 g/mol. The number of pyridine rings is 1. The van der Waals surface area contributed by atoms with Gasteiger partial charge in [-0.1, -0.05) is 18.2 Å². The predicted octanol–water partition coefficient (Wildman–Crippen LogP) is 2.53. The van der Waals surface area contributed by atoms with Gasteiger partial charge in [0, 0.05) is 39.2 Å². The summed E-state index contributed by atoms with van der Waals surface area (Å²) in [4.78, 5) is 11.5. The summed E-state index contributed by atoms with van der Waals surface area (Å²) in [6.45, 7) is 5.18. The van der Waals surface area contributed by atoms with Crippen molar-refractivity contribution in [1.29, 1.82) is 0 Å². The molecular formula is C20H29N5O. The number of para-hydroxylation sites is 1. The Morgan fingerprint density at radius 1 is 1.31 bits per heavy atom. The zero-order valence-electron chi connectivity index (χ0n) is 16.0. The van der Waals surface area contributed by atoms with Gasteiger partial charge in [-0.05, 0) is 37.5 Å². The van der Waals surface area contributed by atoms with E-state index in [-0.39, 0.29) is 0 Å². The third-order valence-electron chi connectivity index (χ3n) is 4.52. The molecule has 3 rings (SSSR count). The van der Waals surface area contributed by atoms with E-state index < -0.39 is 0 Å². The molecule has 0 spiro atoms. The number of benzene rings is 1. The molecular weight excluding hydrogens is 326 g/mol. The standard InChI is InChI=1S/C20H29N5O/c1-4-21-20(23-14-16-8-7-11-26-16)22-13-15-12-19(25(2)3)24-18-10-6-5-9-17(15)18/h5-6,9-10,12,16H,4,7-8,11,13-14H2,1-3H3,(H2,21,22,23). The highest BCUT2D eigenvalue weighted by Gasteiger charge is 2.15. The third kappa shape index (κ3) is 4.64. The van der Waals surface area contributed by atoms with Crippen LogP contribution in [0, 0.1) is 0 Å². The van der Waals surface area contributed by atoms with Gasteiger partial charge < -0.3 is 20.3 Å². The van der Waals surface area contributed by atoms with Gasteiger partial charge in [0.05, 0.1) is 18.2 Å². The molecule has 1 fully saturated rings. The van der Waals surface area contributed by atoms with Crippen LogP contribution < -0.4 is 15.5 Å². The maximum absolute atomic E-state index is 5.68. The molecule has 140 valence electrons. The van der Waals surface area contributed by atoms with Crippen molar-refractivity contribution in [3.05, 3.63) is 35.9 Å². The summed E-state index contributed by atoms with van der Waals surface area (Å²) in [7, 11) is 4.02. The monoisotopic (exact) mass is 355 g/mol. The van der Waals surface area contributed by atoms with Gasteiger partial charge in [0.15, 0.2) is 5.96 Å². The van der Waals surface area contributed by atoms with Gasteiger partial charge in [-0.2, -0.15) is 0 Å². The minimum atomic E-state index is 0.293. The smallest absolute Gasteiger partial charge is 0.191 e. The second-order valence-corrected chi connectivity index (χ2v) is 6.76. The molecule has 6 nitrogen and oxygen atoms in total. The van der Waals surface area contributed by atoms with Crippen molar-refractivity contribution in [2.75, 3.05) is 38.7 Å². The molecule has 1 aromatic carbocycles. The van der Waals surface area contributed by atoms with Crippen LogP contribution >= 0.6 is 0 Å². The molecule has 0 amide bonds. The molecule has 26 heavy (non-hydrogen) atoms. The highest BCUT2D eigenvalue weighted by Crippen LogP contribution is 2.22. The number of ether oxygens (including phenoxy) is 1. The maximum atomic E-state index is 5.68. The van der Waals surface area contributed by atoms with E-state index in [0.29, 0.717) is 12.6 Å². The Morgan fingerprint density at radius 3 is 2.88 bits per heavy atom. The van der Waals surface area contributed by atoms with Crippen LogP contribution in [0.25, 0.3) is 10.9 Å². The van der Waals surface area contributed by atoms with Gasteiger partial charge in [-0.25, -0.2) is 9.98 Å². The summed E-state index contributed by atoms with van der Waals surface area (Å²) in [6.07, 6.45) is 2.56. The molecule has 6 heteroatoms. The van der Waals surface area contributed by atoms with E-state index in [4.69, 9.17) is 14.7 Å². The maximum Gasteiger partial charge on any atom is 0.191 e. The number of aromatic nitrogens is 1. The average Bonchev–Trinajstić information content (AvgIpc) is 3.17. The van der Waals surface area contributed by atoms with Crippen molar-refractivity contribution >= 4 is 22.7 Å². The Kier molecular flexibility index (Phi) is 6.28. The quantitative estimate of drug-likeness (QED) is 0.616. The summed E-state index contributed by atoms with van der Waals surface area (Å²) in [5, 5.41) is 7.88. The molecule has 0 bridgehead atoms. The lowest BCUT2D eigenvalue weighted by molar-refractivity contribution is 0.114. The highest BCUT2D eigenvalue weighted by atomic mass is 16.5. The Balaban J connectivity index is 1.79. The van der Waals surface area contributed by atoms with Crippen molar-refractivity contribution in [2.24, 2.45) is 4.99 Å². The second-order valence-electron chi connectivity index (χ2n) is 6.76. The molecule has 1 aliphatic rings. The number of hydrogen-bond acceptors (Lipinski definition) is 4. The van der Waals surface area contributed by atoms with Crippen LogP contribution in [-0.2, 0) is 11.3 Å². The van der Waals surface area contributed by atoms with Crippen LogP contribution in [0.5, 0.6) is 0 Å². The Hall–Kier alpha value is -2.34. The number of nitrogens with zero attached hydrogens (tertiary/aromatic N) is 3. The molecule has 1 saturated heterocycles. The Bertz CT molecular complexity index is 753. The largest absolute Gasteiger partial charge is 0.376 e. The van der Waals surface area contributed by atoms with E-state index >= 15 is 0 Å². The van der Waals surface area contributed by atoms with Gasteiger partial charge >= 0.3 is 0 Å². The molecule has 2 N–H and O–H groups in total. The van der Waals surface area contributed by atoms with Gasteiger partial charge in [-0.15, -0.1) is 0 Å². The lowest BCUT2D eigenvalue weighted by Crippen LogP contribution is -2.41. The normalized spacial score (nSPS) is 17.5. The first-order chi connectivity index (χ1) is 12.7. The summed E-state index contributed by atoms with van der Waals surface area (Å²) in [5.74, 6) is 1.78. The van der Waals surface area contributed by atoms with E-state index in [1.54, 1.807) is 0 Å². The summed E-state index contributed by atoms with van der Waals surface area (Å²) < 4.78 is 5.68. The van der Waals surface area contributed by atoms with Crippen LogP contribution in [0.15, 0.2) is 35.3 Å². The van der Waals surface area contributed by atoms with E-state index in [0.717, 1.165) is 55.2 Å². The Morgan fingerprint density at radius 2 is 2.15 bits per heavy atom. The fourth-order valence-corrected chi connectivity index (χ4v) is 3.11. The summed E-state index contributed by atoms with van der Waals surface area (Å²) >= 11 is 0. The van der Waals surface area contributed by atoms with Gasteiger partial charge in [0.1, 0.15) is 5.82 Å². The summed E-state index contributed by atoms with van der Waals surface area (Å²) in [5.41, 5.74) is 2.18. The molecule has 2 heterocycles. The molecule has 1 aliphatic heterocycles. The number of rotatable bonds is 6. The van der Waals surface area contributed by atoms with Gasteiger partial charge in [-0.3, -0.25) is 0 Å². The molecule has 0 aliphatic carbocycles. The molecule has 1 unspecified atom stereocenters. The Labute approximate surface area is 155 Å². The van der Waals surface area contributed by atoms with E-state index in [1.807, 2.05) is 31.1 Å². The van der Waals surface area contributed by atoms with Crippen LogP contribution in [0.2, 0.25) is 0 Å². The van der Waals surface area contributed by atoms with E-state index in [9.17, 15) is 0 Å². The first kappa shape index (κ1) is 18.5. The van der Waals surface area contributed by atoms with Gasteiger partial charge in [0.2, 0.25) is 0 Å².